The topological polar surface area (TPSA) is 62.2 Å². The second-order valence-electron chi connectivity index (χ2n) is 4.81. The number of amides is 1. The molecule has 0 aliphatic heterocycles. The molecule has 1 aromatic heterocycles. The Balaban J connectivity index is 2.13. The standard InChI is InChI=1S/C16H18N2O2/c1-11-4-3-5-13-6-7-14(18-16(11)13)8-9-15(20)17-10-12(2)19/h3-9,12,19H,10H2,1-2H3,(H,17,20)/b9-8+. The predicted molar refractivity (Wildman–Crippen MR) is 80.2 cm³/mol. The first kappa shape index (κ1) is 14.2. The summed E-state index contributed by atoms with van der Waals surface area (Å²) in [6.45, 7) is 3.88. The van der Waals surface area contributed by atoms with Crippen LogP contribution in [0.3, 0.4) is 0 Å². The summed E-state index contributed by atoms with van der Waals surface area (Å²) in [6.07, 6.45) is 2.55. The molecule has 1 aromatic carbocycles. The molecule has 1 heterocycles. The number of aliphatic hydroxyl groups excluding tert-OH is 1. The van der Waals surface area contributed by atoms with Crippen molar-refractivity contribution in [2.45, 2.75) is 20.0 Å². The maximum atomic E-state index is 11.5. The number of hydrogen-bond acceptors (Lipinski definition) is 3. The summed E-state index contributed by atoms with van der Waals surface area (Å²) < 4.78 is 0. The summed E-state index contributed by atoms with van der Waals surface area (Å²) in [5, 5.41) is 12.8. The number of aryl methyl sites for hydroxylation is 1. The van der Waals surface area contributed by atoms with E-state index in [2.05, 4.69) is 10.3 Å². The van der Waals surface area contributed by atoms with Gasteiger partial charge in [0.05, 0.1) is 17.3 Å². The Bertz CT molecular complexity index is 648. The summed E-state index contributed by atoms with van der Waals surface area (Å²) in [5.74, 6) is -0.238. The van der Waals surface area contributed by atoms with Crippen molar-refractivity contribution in [2.24, 2.45) is 0 Å². The van der Waals surface area contributed by atoms with E-state index in [0.29, 0.717) is 0 Å². The third kappa shape index (κ3) is 3.65. The number of pyridine rings is 1. The van der Waals surface area contributed by atoms with Gasteiger partial charge in [-0.25, -0.2) is 4.98 Å². The second kappa shape index (κ2) is 6.30. The molecule has 20 heavy (non-hydrogen) atoms. The van der Waals surface area contributed by atoms with Crippen LogP contribution >= 0.6 is 0 Å². The van der Waals surface area contributed by atoms with E-state index in [0.717, 1.165) is 22.2 Å². The highest BCUT2D eigenvalue weighted by molar-refractivity contribution is 5.92. The van der Waals surface area contributed by atoms with Gasteiger partial charge in [0.25, 0.3) is 0 Å². The molecule has 0 aliphatic rings. The maximum Gasteiger partial charge on any atom is 0.244 e. The Hall–Kier alpha value is -2.20. The van der Waals surface area contributed by atoms with Crippen LogP contribution < -0.4 is 5.32 Å². The molecule has 104 valence electrons. The summed E-state index contributed by atoms with van der Waals surface area (Å²) >= 11 is 0. The Morgan fingerprint density at radius 1 is 1.40 bits per heavy atom. The van der Waals surface area contributed by atoms with Gasteiger partial charge >= 0.3 is 0 Å². The van der Waals surface area contributed by atoms with Crippen LogP contribution in [0.4, 0.5) is 0 Å². The normalized spacial score (nSPS) is 12.8. The van der Waals surface area contributed by atoms with Crippen molar-refractivity contribution in [2.75, 3.05) is 6.54 Å². The summed E-state index contributed by atoms with van der Waals surface area (Å²) in [6, 6.07) is 9.89. The van der Waals surface area contributed by atoms with Crippen molar-refractivity contribution in [1.29, 1.82) is 0 Å². The third-order valence-corrected chi connectivity index (χ3v) is 2.92. The largest absolute Gasteiger partial charge is 0.392 e. The smallest absolute Gasteiger partial charge is 0.244 e. The zero-order chi connectivity index (χ0) is 14.5. The maximum absolute atomic E-state index is 11.5. The Morgan fingerprint density at radius 2 is 2.20 bits per heavy atom. The number of fused-ring (bicyclic) bond motifs is 1. The van der Waals surface area contributed by atoms with Crippen molar-refractivity contribution in [3.8, 4) is 0 Å². The highest BCUT2D eigenvalue weighted by Crippen LogP contribution is 2.16. The lowest BCUT2D eigenvalue weighted by Crippen LogP contribution is -2.28. The van der Waals surface area contributed by atoms with E-state index in [9.17, 15) is 4.79 Å². The van der Waals surface area contributed by atoms with Crippen LogP contribution in [0.2, 0.25) is 0 Å². The van der Waals surface area contributed by atoms with E-state index >= 15 is 0 Å². The molecule has 1 amide bonds. The quantitative estimate of drug-likeness (QED) is 0.836. The first-order valence-corrected chi connectivity index (χ1v) is 6.56. The van der Waals surface area contributed by atoms with Crippen molar-refractivity contribution in [3.05, 3.63) is 47.7 Å². The molecule has 1 atom stereocenters. The van der Waals surface area contributed by atoms with E-state index in [4.69, 9.17) is 5.11 Å². The molecule has 4 heteroatoms. The summed E-state index contributed by atoms with van der Waals surface area (Å²) in [5.41, 5.74) is 2.79. The number of nitrogens with one attached hydrogen (secondary N) is 1. The SMILES string of the molecule is Cc1cccc2ccc(/C=C/C(=O)NCC(C)O)nc12. The molecule has 2 N–H and O–H groups in total. The zero-order valence-corrected chi connectivity index (χ0v) is 11.6. The molecule has 2 aromatic rings. The minimum Gasteiger partial charge on any atom is -0.392 e. The highest BCUT2D eigenvalue weighted by atomic mass is 16.3. The molecule has 0 saturated carbocycles. The van der Waals surface area contributed by atoms with Gasteiger partial charge in [-0.05, 0) is 31.6 Å². The number of carbonyl (C=O) groups excluding carboxylic acids is 1. The Labute approximate surface area is 118 Å². The van der Waals surface area contributed by atoms with Crippen LogP contribution in [0.15, 0.2) is 36.4 Å². The van der Waals surface area contributed by atoms with Crippen molar-refractivity contribution < 1.29 is 9.90 Å². The molecule has 0 fully saturated rings. The fraction of sp³-hybridized carbons (Fsp3) is 0.250. The minimum atomic E-state index is -0.547. The lowest BCUT2D eigenvalue weighted by atomic mass is 10.1. The van der Waals surface area contributed by atoms with Gasteiger partial charge in [0.1, 0.15) is 0 Å². The Morgan fingerprint density at radius 3 is 2.95 bits per heavy atom. The van der Waals surface area contributed by atoms with E-state index in [-0.39, 0.29) is 12.5 Å². The molecular weight excluding hydrogens is 252 g/mol. The van der Waals surface area contributed by atoms with Gasteiger partial charge in [-0.15, -0.1) is 0 Å². The molecule has 1 unspecified atom stereocenters. The first-order chi connectivity index (χ1) is 9.56. The number of para-hydroxylation sites is 1. The fourth-order valence-electron chi connectivity index (χ4n) is 1.87. The molecule has 2 rings (SSSR count). The average Bonchev–Trinajstić information content (AvgIpc) is 2.43. The number of hydrogen-bond donors (Lipinski definition) is 2. The first-order valence-electron chi connectivity index (χ1n) is 6.56. The number of benzene rings is 1. The lowest BCUT2D eigenvalue weighted by molar-refractivity contribution is -0.116. The monoisotopic (exact) mass is 270 g/mol. The molecule has 0 radical (unpaired) electrons. The predicted octanol–water partition coefficient (Wildman–Crippen LogP) is 2.05. The van der Waals surface area contributed by atoms with E-state index in [1.165, 1.54) is 6.08 Å². The molecule has 0 bridgehead atoms. The van der Waals surface area contributed by atoms with Crippen LogP contribution in [0.1, 0.15) is 18.2 Å². The van der Waals surface area contributed by atoms with E-state index in [1.54, 1.807) is 13.0 Å². The van der Waals surface area contributed by atoms with E-state index < -0.39 is 6.10 Å². The van der Waals surface area contributed by atoms with Crippen LogP contribution in [0, 0.1) is 6.92 Å². The number of nitrogens with zero attached hydrogens (tertiary/aromatic N) is 1. The van der Waals surface area contributed by atoms with Gasteiger partial charge in [0, 0.05) is 18.0 Å². The molecule has 0 spiro atoms. The van der Waals surface area contributed by atoms with Gasteiger partial charge in [0.15, 0.2) is 0 Å². The van der Waals surface area contributed by atoms with Crippen molar-refractivity contribution >= 4 is 22.9 Å². The van der Waals surface area contributed by atoms with Gasteiger partial charge in [-0.3, -0.25) is 4.79 Å². The zero-order valence-electron chi connectivity index (χ0n) is 11.6. The molecule has 4 nitrogen and oxygen atoms in total. The van der Waals surface area contributed by atoms with Crippen LogP contribution in [0.25, 0.3) is 17.0 Å². The molecule has 0 saturated heterocycles. The molecule has 0 aliphatic carbocycles. The molecular formula is C16H18N2O2. The van der Waals surface area contributed by atoms with Crippen LogP contribution in [0.5, 0.6) is 0 Å². The summed E-state index contributed by atoms with van der Waals surface area (Å²) in [4.78, 5) is 16.0. The minimum absolute atomic E-state index is 0.238. The average molecular weight is 270 g/mol. The fourth-order valence-corrected chi connectivity index (χ4v) is 1.87. The number of aromatic nitrogens is 1. The lowest BCUT2D eigenvalue weighted by Gasteiger charge is -2.04. The van der Waals surface area contributed by atoms with Gasteiger partial charge in [0.2, 0.25) is 5.91 Å². The van der Waals surface area contributed by atoms with Crippen molar-refractivity contribution in [3.63, 3.8) is 0 Å². The van der Waals surface area contributed by atoms with Gasteiger partial charge in [-0.2, -0.15) is 0 Å². The second-order valence-corrected chi connectivity index (χ2v) is 4.81. The van der Waals surface area contributed by atoms with Crippen LogP contribution in [-0.4, -0.2) is 28.6 Å². The van der Waals surface area contributed by atoms with Gasteiger partial charge < -0.3 is 10.4 Å². The Kier molecular flexibility index (Phi) is 4.48. The third-order valence-electron chi connectivity index (χ3n) is 2.92. The summed E-state index contributed by atoms with van der Waals surface area (Å²) in [7, 11) is 0. The van der Waals surface area contributed by atoms with Crippen LogP contribution in [-0.2, 0) is 4.79 Å². The van der Waals surface area contributed by atoms with E-state index in [1.807, 2.05) is 37.3 Å². The highest BCUT2D eigenvalue weighted by Gasteiger charge is 2.01. The number of rotatable bonds is 4. The van der Waals surface area contributed by atoms with Gasteiger partial charge in [-0.1, -0.05) is 24.3 Å². The number of aliphatic hydroxyl groups is 1. The number of carbonyl (C=O) groups is 1. The van der Waals surface area contributed by atoms with Crippen molar-refractivity contribution in [1.82, 2.24) is 10.3 Å².